The highest BCUT2D eigenvalue weighted by atomic mass is 16.5. The van der Waals surface area contributed by atoms with Crippen molar-refractivity contribution in [3.63, 3.8) is 0 Å². The topological polar surface area (TPSA) is 53.6 Å². The number of amides is 2. The highest BCUT2D eigenvalue weighted by Crippen LogP contribution is 2.19. The third-order valence-corrected chi connectivity index (χ3v) is 4.13. The molecule has 0 aromatic heterocycles. The zero-order valence-corrected chi connectivity index (χ0v) is 13.9. The minimum absolute atomic E-state index is 0.131. The van der Waals surface area contributed by atoms with Crippen molar-refractivity contribution in [2.75, 3.05) is 44.7 Å². The van der Waals surface area contributed by atoms with Crippen LogP contribution in [0.5, 0.6) is 0 Å². The van der Waals surface area contributed by atoms with Gasteiger partial charge in [0.1, 0.15) is 0 Å². The van der Waals surface area contributed by atoms with Crippen molar-refractivity contribution < 1.29 is 9.53 Å². The molecule has 2 N–H and O–H groups in total. The third-order valence-electron chi connectivity index (χ3n) is 4.13. The maximum absolute atomic E-state index is 12.0. The van der Waals surface area contributed by atoms with E-state index in [1.807, 2.05) is 13.0 Å². The van der Waals surface area contributed by atoms with Crippen molar-refractivity contribution in [1.29, 1.82) is 0 Å². The lowest BCUT2D eigenvalue weighted by Gasteiger charge is -2.26. The van der Waals surface area contributed by atoms with Crippen LogP contribution in [0.25, 0.3) is 0 Å². The average Bonchev–Trinajstić information content (AvgIpc) is 2.50. The summed E-state index contributed by atoms with van der Waals surface area (Å²) in [6.07, 6.45) is 0.958. The van der Waals surface area contributed by atoms with Crippen molar-refractivity contribution in [3.05, 3.63) is 28.8 Å². The summed E-state index contributed by atoms with van der Waals surface area (Å²) in [4.78, 5) is 14.3. The number of anilines is 1. The molecule has 0 bridgehead atoms. The molecule has 1 saturated heterocycles. The standard InChI is InChI=1S/C17H27N3O2/c1-13-11-15(3)16(12-14(13)2)19-17(21)18-5-4-6-20-7-9-22-10-8-20/h11-12H,4-10H2,1-3H3,(H2,18,19,21). The van der Waals surface area contributed by atoms with Crippen LogP contribution in [0.4, 0.5) is 10.5 Å². The Morgan fingerprint density at radius 2 is 1.82 bits per heavy atom. The first kappa shape index (κ1) is 16.8. The molecular weight excluding hydrogens is 278 g/mol. The second-order valence-electron chi connectivity index (χ2n) is 5.94. The first-order chi connectivity index (χ1) is 10.6. The Morgan fingerprint density at radius 3 is 2.55 bits per heavy atom. The molecule has 2 rings (SSSR count). The van der Waals surface area contributed by atoms with E-state index in [1.54, 1.807) is 0 Å². The van der Waals surface area contributed by atoms with Crippen LogP contribution in [0.1, 0.15) is 23.1 Å². The number of nitrogens with one attached hydrogen (secondary N) is 2. The summed E-state index contributed by atoms with van der Waals surface area (Å²) in [5.41, 5.74) is 4.41. The molecule has 0 spiro atoms. The van der Waals surface area contributed by atoms with Gasteiger partial charge in [0, 0.05) is 25.3 Å². The van der Waals surface area contributed by atoms with Crippen LogP contribution in [-0.4, -0.2) is 50.3 Å². The molecule has 5 nitrogen and oxygen atoms in total. The lowest BCUT2D eigenvalue weighted by Crippen LogP contribution is -2.38. The van der Waals surface area contributed by atoms with Gasteiger partial charge >= 0.3 is 6.03 Å². The summed E-state index contributed by atoms with van der Waals surface area (Å²) in [7, 11) is 0. The Hall–Kier alpha value is -1.59. The van der Waals surface area contributed by atoms with Gasteiger partial charge in [-0.1, -0.05) is 6.07 Å². The van der Waals surface area contributed by atoms with Gasteiger partial charge in [-0.25, -0.2) is 4.79 Å². The van der Waals surface area contributed by atoms with Crippen LogP contribution >= 0.6 is 0 Å². The molecule has 1 aliphatic heterocycles. The molecule has 0 aliphatic carbocycles. The van der Waals surface area contributed by atoms with Crippen LogP contribution in [0, 0.1) is 20.8 Å². The Labute approximate surface area is 133 Å². The van der Waals surface area contributed by atoms with Crippen LogP contribution in [0.15, 0.2) is 12.1 Å². The molecule has 0 unspecified atom stereocenters. The highest BCUT2D eigenvalue weighted by molar-refractivity contribution is 5.90. The van der Waals surface area contributed by atoms with Crippen molar-refractivity contribution in [3.8, 4) is 0 Å². The van der Waals surface area contributed by atoms with Gasteiger partial charge in [0.05, 0.1) is 13.2 Å². The van der Waals surface area contributed by atoms with E-state index in [9.17, 15) is 4.79 Å². The molecular formula is C17H27N3O2. The lowest BCUT2D eigenvalue weighted by molar-refractivity contribution is 0.0375. The Balaban J connectivity index is 1.70. The molecule has 1 fully saturated rings. The predicted octanol–water partition coefficient (Wildman–Crippen LogP) is 2.46. The van der Waals surface area contributed by atoms with E-state index >= 15 is 0 Å². The van der Waals surface area contributed by atoms with E-state index in [0.717, 1.165) is 50.5 Å². The van der Waals surface area contributed by atoms with E-state index in [1.165, 1.54) is 11.1 Å². The number of rotatable bonds is 5. The fourth-order valence-corrected chi connectivity index (χ4v) is 2.59. The van der Waals surface area contributed by atoms with E-state index in [0.29, 0.717) is 6.54 Å². The van der Waals surface area contributed by atoms with Crippen molar-refractivity contribution in [2.24, 2.45) is 0 Å². The van der Waals surface area contributed by atoms with E-state index in [2.05, 4.69) is 35.4 Å². The largest absolute Gasteiger partial charge is 0.379 e. The Kier molecular flexibility index (Phi) is 6.21. The summed E-state index contributed by atoms with van der Waals surface area (Å²) in [6.45, 7) is 11.5. The van der Waals surface area contributed by atoms with Crippen molar-refractivity contribution in [2.45, 2.75) is 27.2 Å². The van der Waals surface area contributed by atoms with Crippen molar-refractivity contribution in [1.82, 2.24) is 10.2 Å². The Bertz CT molecular complexity index is 511. The van der Waals surface area contributed by atoms with Crippen LogP contribution < -0.4 is 10.6 Å². The van der Waals surface area contributed by atoms with E-state index < -0.39 is 0 Å². The summed E-state index contributed by atoms with van der Waals surface area (Å²) in [5.74, 6) is 0. The average molecular weight is 305 g/mol. The van der Waals surface area contributed by atoms with E-state index in [4.69, 9.17) is 4.74 Å². The van der Waals surface area contributed by atoms with Gasteiger partial charge in [0.25, 0.3) is 0 Å². The summed E-state index contributed by atoms with van der Waals surface area (Å²) in [5, 5.41) is 5.86. The van der Waals surface area contributed by atoms with E-state index in [-0.39, 0.29) is 6.03 Å². The van der Waals surface area contributed by atoms with Crippen LogP contribution in [0.3, 0.4) is 0 Å². The number of aryl methyl sites for hydroxylation is 3. The molecule has 1 aliphatic rings. The van der Waals surface area contributed by atoms with Gasteiger partial charge in [0.15, 0.2) is 0 Å². The second-order valence-corrected chi connectivity index (χ2v) is 5.94. The number of hydrogen-bond donors (Lipinski definition) is 2. The highest BCUT2D eigenvalue weighted by Gasteiger charge is 2.10. The first-order valence-electron chi connectivity index (χ1n) is 7.99. The smallest absolute Gasteiger partial charge is 0.319 e. The van der Waals surface area contributed by atoms with Gasteiger partial charge in [-0.3, -0.25) is 4.90 Å². The monoisotopic (exact) mass is 305 g/mol. The zero-order valence-electron chi connectivity index (χ0n) is 13.9. The number of nitrogens with zero attached hydrogens (tertiary/aromatic N) is 1. The second kappa shape index (κ2) is 8.15. The molecule has 122 valence electrons. The van der Waals surface area contributed by atoms with Crippen LogP contribution in [0.2, 0.25) is 0 Å². The quantitative estimate of drug-likeness (QED) is 0.822. The molecule has 5 heteroatoms. The van der Waals surface area contributed by atoms with Gasteiger partial charge in [0.2, 0.25) is 0 Å². The van der Waals surface area contributed by atoms with Gasteiger partial charge < -0.3 is 15.4 Å². The lowest BCUT2D eigenvalue weighted by atomic mass is 10.1. The number of hydrogen-bond acceptors (Lipinski definition) is 3. The number of carbonyl (C=O) groups excluding carboxylic acids is 1. The number of urea groups is 1. The van der Waals surface area contributed by atoms with Gasteiger partial charge in [-0.2, -0.15) is 0 Å². The molecule has 2 amide bonds. The summed E-state index contributed by atoms with van der Waals surface area (Å²) >= 11 is 0. The molecule has 22 heavy (non-hydrogen) atoms. The summed E-state index contributed by atoms with van der Waals surface area (Å²) in [6, 6.07) is 4.00. The maximum atomic E-state index is 12.0. The molecule has 1 aromatic carbocycles. The third kappa shape index (κ3) is 5.00. The number of carbonyl (C=O) groups is 1. The Morgan fingerprint density at radius 1 is 1.14 bits per heavy atom. The molecule has 0 atom stereocenters. The summed E-state index contributed by atoms with van der Waals surface area (Å²) < 4.78 is 5.32. The molecule has 1 heterocycles. The van der Waals surface area contributed by atoms with Gasteiger partial charge in [-0.15, -0.1) is 0 Å². The first-order valence-corrected chi connectivity index (χ1v) is 7.99. The number of benzene rings is 1. The molecule has 1 aromatic rings. The fourth-order valence-electron chi connectivity index (χ4n) is 2.59. The van der Waals surface area contributed by atoms with Crippen molar-refractivity contribution >= 4 is 11.7 Å². The maximum Gasteiger partial charge on any atom is 0.319 e. The predicted molar refractivity (Wildman–Crippen MR) is 89.6 cm³/mol. The van der Waals surface area contributed by atoms with Crippen LogP contribution in [-0.2, 0) is 4.74 Å². The fraction of sp³-hybridized carbons (Fsp3) is 0.588. The normalized spacial score (nSPS) is 15.6. The molecule has 0 radical (unpaired) electrons. The minimum Gasteiger partial charge on any atom is -0.379 e. The zero-order chi connectivity index (χ0) is 15.9. The number of ether oxygens (including phenoxy) is 1. The minimum atomic E-state index is -0.131. The SMILES string of the molecule is Cc1cc(C)c(NC(=O)NCCCN2CCOCC2)cc1C. The van der Waals surface area contributed by atoms with Gasteiger partial charge in [-0.05, 0) is 56.5 Å². The number of morpholine rings is 1. The molecule has 0 saturated carbocycles.